The molecule has 0 saturated heterocycles. The van der Waals surface area contributed by atoms with Gasteiger partial charge in [-0.05, 0) is 12.2 Å². The molecule has 2 N–H and O–H groups in total. The summed E-state index contributed by atoms with van der Waals surface area (Å²) < 4.78 is 0.735. The van der Waals surface area contributed by atoms with Crippen molar-refractivity contribution in [3.05, 3.63) is 9.81 Å². The number of aliphatic hydroxyl groups excluding tert-OH is 1. The van der Waals surface area contributed by atoms with Gasteiger partial charge in [0.1, 0.15) is 17.0 Å². The summed E-state index contributed by atoms with van der Waals surface area (Å²) in [6.07, 6.45) is 2.14. The van der Waals surface area contributed by atoms with Crippen molar-refractivity contribution in [1.29, 1.82) is 5.26 Å². The molecule has 4 nitrogen and oxygen atoms in total. The Morgan fingerprint density at radius 1 is 1.69 bits per heavy atom. The van der Waals surface area contributed by atoms with E-state index in [0.717, 1.165) is 22.8 Å². The topological polar surface area (TPSA) is 73.1 Å². The van der Waals surface area contributed by atoms with Gasteiger partial charge in [0, 0.05) is 0 Å². The number of amides is 1. The van der Waals surface area contributed by atoms with Crippen LogP contribution in [0.3, 0.4) is 0 Å². The minimum absolute atomic E-state index is 0.118. The maximum atomic E-state index is 11.5. The van der Waals surface area contributed by atoms with Crippen LogP contribution in [0.5, 0.6) is 0 Å². The van der Waals surface area contributed by atoms with Gasteiger partial charge in [-0.1, -0.05) is 25.1 Å². The van der Waals surface area contributed by atoms with E-state index >= 15 is 0 Å². The van der Waals surface area contributed by atoms with Crippen LogP contribution >= 0.6 is 23.5 Å². The molecule has 1 amide bonds. The molecule has 0 radical (unpaired) electrons. The molecular formula is C10H14N2O2S2. The van der Waals surface area contributed by atoms with Gasteiger partial charge in [0.25, 0.3) is 5.91 Å². The van der Waals surface area contributed by atoms with Crippen LogP contribution in [0.2, 0.25) is 0 Å². The molecule has 0 fully saturated rings. The second-order valence-corrected chi connectivity index (χ2v) is 5.82. The van der Waals surface area contributed by atoms with Crippen LogP contribution in [0.1, 0.15) is 19.8 Å². The molecule has 0 unspecified atom stereocenters. The van der Waals surface area contributed by atoms with Crippen LogP contribution in [0.25, 0.3) is 0 Å². The third-order valence-corrected chi connectivity index (χ3v) is 4.55. The Kier molecular flexibility index (Phi) is 5.74. The van der Waals surface area contributed by atoms with E-state index in [2.05, 4.69) is 12.2 Å². The van der Waals surface area contributed by atoms with Crippen molar-refractivity contribution >= 4 is 29.4 Å². The summed E-state index contributed by atoms with van der Waals surface area (Å²) in [5, 5.41) is 20.1. The van der Waals surface area contributed by atoms with Gasteiger partial charge >= 0.3 is 0 Å². The van der Waals surface area contributed by atoms with Gasteiger partial charge in [-0.15, -0.1) is 11.8 Å². The third kappa shape index (κ3) is 3.44. The van der Waals surface area contributed by atoms with Gasteiger partial charge in [-0.2, -0.15) is 5.26 Å². The van der Waals surface area contributed by atoms with Gasteiger partial charge in [0.05, 0.1) is 10.8 Å². The van der Waals surface area contributed by atoms with E-state index in [9.17, 15) is 4.79 Å². The van der Waals surface area contributed by atoms with E-state index in [-0.39, 0.29) is 23.5 Å². The Balaban J connectivity index is 2.73. The lowest BCUT2D eigenvalue weighted by molar-refractivity contribution is -0.117. The highest BCUT2D eigenvalue weighted by Crippen LogP contribution is 2.37. The molecule has 0 saturated carbocycles. The van der Waals surface area contributed by atoms with Gasteiger partial charge in [-0.3, -0.25) is 4.79 Å². The fourth-order valence-electron chi connectivity index (χ4n) is 1.12. The Bertz CT molecular complexity index is 336. The third-order valence-electron chi connectivity index (χ3n) is 1.98. The van der Waals surface area contributed by atoms with Crippen LogP contribution in [0, 0.1) is 11.3 Å². The maximum absolute atomic E-state index is 11.5. The summed E-state index contributed by atoms with van der Waals surface area (Å²) >= 11 is 2.88. The molecular weight excluding hydrogens is 244 g/mol. The van der Waals surface area contributed by atoms with E-state index in [4.69, 9.17) is 10.4 Å². The standard InChI is InChI=1S/C10H14N2O2S2/c1-2-3-4-15-10-7(5-11)9(14)12-8(6-13)16-10/h8,13H,2-4,6H2,1H3,(H,12,14)/t8-/m0/s1. The summed E-state index contributed by atoms with van der Waals surface area (Å²) in [6.45, 7) is 1.98. The van der Waals surface area contributed by atoms with E-state index in [1.54, 1.807) is 0 Å². The summed E-state index contributed by atoms with van der Waals surface area (Å²) in [5.41, 5.74) is 0.177. The van der Waals surface area contributed by atoms with Crippen molar-refractivity contribution in [2.24, 2.45) is 0 Å². The zero-order chi connectivity index (χ0) is 12.0. The molecule has 0 aromatic carbocycles. The molecule has 16 heavy (non-hydrogen) atoms. The van der Waals surface area contributed by atoms with Crippen molar-refractivity contribution in [2.75, 3.05) is 12.4 Å². The lowest BCUT2D eigenvalue weighted by atomic mass is 10.3. The van der Waals surface area contributed by atoms with Crippen LogP contribution in [-0.4, -0.2) is 28.7 Å². The molecule has 88 valence electrons. The molecule has 1 rings (SSSR count). The Labute approximate surface area is 103 Å². The molecule has 1 heterocycles. The van der Waals surface area contributed by atoms with E-state index in [0.29, 0.717) is 0 Å². The molecule has 0 aromatic rings. The summed E-state index contributed by atoms with van der Waals surface area (Å²) in [7, 11) is 0. The second-order valence-electron chi connectivity index (χ2n) is 3.24. The number of unbranched alkanes of at least 4 members (excludes halogenated alkanes) is 1. The molecule has 1 aliphatic heterocycles. The fraction of sp³-hybridized carbons (Fsp3) is 0.600. The Morgan fingerprint density at radius 3 is 3.00 bits per heavy atom. The average molecular weight is 258 g/mol. The van der Waals surface area contributed by atoms with E-state index in [1.807, 2.05) is 6.07 Å². The molecule has 0 aromatic heterocycles. The monoisotopic (exact) mass is 258 g/mol. The normalized spacial score (nSPS) is 20.6. The second kappa shape index (κ2) is 6.84. The number of rotatable bonds is 5. The highest BCUT2D eigenvalue weighted by atomic mass is 32.2. The largest absolute Gasteiger partial charge is 0.393 e. The zero-order valence-electron chi connectivity index (χ0n) is 9.02. The number of hydrogen-bond donors (Lipinski definition) is 2. The first kappa shape index (κ1) is 13.4. The first-order valence-electron chi connectivity index (χ1n) is 5.08. The first-order chi connectivity index (χ1) is 7.72. The zero-order valence-corrected chi connectivity index (χ0v) is 10.7. The number of nitrogens with one attached hydrogen (secondary N) is 1. The summed E-state index contributed by atoms with van der Waals surface area (Å²) in [5.74, 6) is 0.523. The van der Waals surface area contributed by atoms with Crippen LogP contribution in [0.4, 0.5) is 0 Å². The smallest absolute Gasteiger partial charge is 0.264 e. The number of thioether (sulfide) groups is 2. The molecule has 6 heteroatoms. The Morgan fingerprint density at radius 2 is 2.44 bits per heavy atom. The molecule has 0 spiro atoms. The Hall–Kier alpha value is -0.640. The lowest BCUT2D eigenvalue weighted by Crippen LogP contribution is -2.39. The number of aliphatic hydroxyl groups is 1. The molecule has 0 aliphatic carbocycles. The maximum Gasteiger partial charge on any atom is 0.264 e. The van der Waals surface area contributed by atoms with Crippen molar-refractivity contribution in [3.63, 3.8) is 0 Å². The highest BCUT2D eigenvalue weighted by Gasteiger charge is 2.27. The number of hydrogen-bond acceptors (Lipinski definition) is 5. The highest BCUT2D eigenvalue weighted by molar-refractivity contribution is 8.22. The number of carbonyl (C=O) groups is 1. The van der Waals surface area contributed by atoms with Gasteiger partial charge in [0.15, 0.2) is 0 Å². The van der Waals surface area contributed by atoms with Gasteiger partial charge in [-0.25, -0.2) is 0 Å². The molecule has 0 bridgehead atoms. The first-order valence-corrected chi connectivity index (χ1v) is 6.95. The van der Waals surface area contributed by atoms with Crippen LogP contribution in [-0.2, 0) is 4.79 Å². The van der Waals surface area contributed by atoms with Crippen molar-refractivity contribution in [3.8, 4) is 6.07 Å². The van der Waals surface area contributed by atoms with Crippen LogP contribution < -0.4 is 5.32 Å². The van der Waals surface area contributed by atoms with Gasteiger partial charge < -0.3 is 10.4 Å². The fourth-order valence-corrected chi connectivity index (χ4v) is 3.65. The van der Waals surface area contributed by atoms with Gasteiger partial charge in [0.2, 0.25) is 0 Å². The predicted molar refractivity (Wildman–Crippen MR) is 66.6 cm³/mol. The number of carbonyl (C=O) groups excluding carboxylic acids is 1. The lowest BCUT2D eigenvalue weighted by Gasteiger charge is -2.22. The minimum atomic E-state index is -0.376. The number of nitrogens with zero attached hydrogens (tertiary/aromatic N) is 1. The minimum Gasteiger partial charge on any atom is -0.393 e. The quantitative estimate of drug-likeness (QED) is 0.730. The SMILES string of the molecule is CCCCSC1=C(C#N)C(=O)N[C@H](CO)S1. The van der Waals surface area contributed by atoms with Crippen LogP contribution in [0.15, 0.2) is 9.81 Å². The average Bonchev–Trinajstić information content (AvgIpc) is 2.29. The predicted octanol–water partition coefficient (Wildman–Crippen LogP) is 1.44. The molecule has 1 atom stereocenters. The number of nitriles is 1. The summed E-state index contributed by atoms with van der Waals surface area (Å²) in [4.78, 5) is 11.5. The summed E-state index contributed by atoms with van der Waals surface area (Å²) in [6, 6.07) is 1.92. The van der Waals surface area contributed by atoms with Crippen molar-refractivity contribution < 1.29 is 9.90 Å². The van der Waals surface area contributed by atoms with Crippen molar-refractivity contribution in [2.45, 2.75) is 25.1 Å². The van der Waals surface area contributed by atoms with E-state index < -0.39 is 0 Å². The van der Waals surface area contributed by atoms with E-state index in [1.165, 1.54) is 23.5 Å². The van der Waals surface area contributed by atoms with Crippen molar-refractivity contribution in [1.82, 2.24) is 5.32 Å². The molecule has 1 aliphatic rings.